The van der Waals surface area contributed by atoms with Crippen molar-refractivity contribution in [2.24, 2.45) is 0 Å². The molecule has 2 rings (SSSR count). The Morgan fingerprint density at radius 2 is 1.70 bits per heavy atom. The van der Waals surface area contributed by atoms with Gasteiger partial charge in [-0.1, -0.05) is 23.7 Å². The topological polar surface area (TPSA) is 55.8 Å². The highest BCUT2D eigenvalue weighted by atomic mass is 35.5. The van der Waals surface area contributed by atoms with Crippen LogP contribution in [0.25, 0.3) is 0 Å². The summed E-state index contributed by atoms with van der Waals surface area (Å²) in [6.45, 7) is 1.47. The lowest BCUT2D eigenvalue weighted by Gasteiger charge is -2.11. The molecule has 1 atom stereocenters. The van der Waals surface area contributed by atoms with Gasteiger partial charge in [-0.2, -0.15) is 0 Å². The van der Waals surface area contributed by atoms with E-state index in [-0.39, 0.29) is 0 Å². The first kappa shape index (κ1) is 14.2. The maximum absolute atomic E-state index is 10.7. The van der Waals surface area contributed by atoms with Crippen molar-refractivity contribution < 1.29 is 19.4 Å². The summed E-state index contributed by atoms with van der Waals surface area (Å²) in [6, 6.07) is 13.8. The molecule has 0 saturated heterocycles. The summed E-state index contributed by atoms with van der Waals surface area (Å²) >= 11 is 5.99. The van der Waals surface area contributed by atoms with E-state index in [2.05, 4.69) is 0 Å². The normalized spacial score (nSPS) is 11.7. The summed E-state index contributed by atoms with van der Waals surface area (Å²) in [5.74, 6) is 0.600. The van der Waals surface area contributed by atoms with Crippen LogP contribution >= 0.6 is 11.6 Å². The Kier molecular flexibility index (Phi) is 4.48. The molecule has 0 heterocycles. The summed E-state index contributed by atoms with van der Waals surface area (Å²) in [6.07, 6.45) is -0.898. The highest BCUT2D eigenvalue weighted by molar-refractivity contribution is 6.32. The average molecular weight is 293 g/mol. The Morgan fingerprint density at radius 1 is 1.10 bits per heavy atom. The summed E-state index contributed by atoms with van der Waals surface area (Å²) in [4.78, 5) is 10.7. The molecule has 0 spiro atoms. The first-order chi connectivity index (χ1) is 9.56. The highest BCUT2D eigenvalue weighted by Crippen LogP contribution is 2.29. The lowest BCUT2D eigenvalue weighted by molar-refractivity contribution is -0.144. The number of rotatable bonds is 5. The number of ether oxygens (including phenoxy) is 2. The molecule has 0 unspecified atom stereocenters. The van der Waals surface area contributed by atoms with Gasteiger partial charge in [0.05, 0.1) is 5.02 Å². The van der Waals surface area contributed by atoms with Gasteiger partial charge in [0.25, 0.3) is 0 Å². The van der Waals surface area contributed by atoms with Gasteiger partial charge < -0.3 is 14.6 Å². The molecule has 0 aliphatic rings. The molecule has 104 valence electrons. The molecule has 0 radical (unpaired) electrons. The molecule has 0 aliphatic carbocycles. The molecule has 0 amide bonds. The summed E-state index contributed by atoms with van der Waals surface area (Å²) in [7, 11) is 0. The highest BCUT2D eigenvalue weighted by Gasteiger charge is 2.12. The molecule has 2 aromatic rings. The quantitative estimate of drug-likeness (QED) is 0.905. The lowest BCUT2D eigenvalue weighted by atomic mass is 10.3. The van der Waals surface area contributed by atoms with Crippen molar-refractivity contribution in [3.8, 4) is 17.2 Å². The second-order valence-corrected chi connectivity index (χ2v) is 4.51. The van der Waals surface area contributed by atoms with Crippen LogP contribution in [0.2, 0.25) is 5.02 Å². The third-order valence-corrected chi connectivity index (χ3v) is 2.86. The van der Waals surface area contributed by atoms with Crippen molar-refractivity contribution >= 4 is 17.6 Å². The largest absolute Gasteiger partial charge is 0.479 e. The van der Waals surface area contributed by atoms with E-state index in [0.29, 0.717) is 22.3 Å². The minimum absolute atomic E-state index is 0.464. The van der Waals surface area contributed by atoms with Gasteiger partial charge in [-0.3, -0.25) is 0 Å². The molecular formula is C15H13ClO4. The lowest BCUT2D eigenvalue weighted by Crippen LogP contribution is -2.22. The third-order valence-electron chi connectivity index (χ3n) is 2.55. The van der Waals surface area contributed by atoms with Crippen LogP contribution < -0.4 is 9.47 Å². The zero-order chi connectivity index (χ0) is 14.5. The van der Waals surface area contributed by atoms with Crippen molar-refractivity contribution in [1.29, 1.82) is 0 Å². The van der Waals surface area contributed by atoms with Crippen molar-refractivity contribution in [3.63, 3.8) is 0 Å². The minimum Gasteiger partial charge on any atom is -0.479 e. The number of halogens is 1. The molecule has 5 heteroatoms. The van der Waals surface area contributed by atoms with E-state index in [4.69, 9.17) is 26.2 Å². The predicted octanol–water partition coefficient (Wildman–Crippen LogP) is 3.98. The Balaban J connectivity index is 2.05. The number of carboxylic acid groups (broad SMARTS) is 1. The van der Waals surface area contributed by atoms with Gasteiger partial charge in [0, 0.05) is 0 Å². The Bertz CT molecular complexity index is 595. The number of hydrogen-bond acceptors (Lipinski definition) is 3. The number of hydrogen-bond donors (Lipinski definition) is 1. The first-order valence-corrected chi connectivity index (χ1v) is 6.36. The van der Waals surface area contributed by atoms with E-state index in [9.17, 15) is 4.79 Å². The van der Waals surface area contributed by atoms with E-state index >= 15 is 0 Å². The Morgan fingerprint density at radius 3 is 2.30 bits per heavy atom. The molecule has 1 N–H and O–H groups in total. The SMILES string of the molecule is C[C@@H](Oc1ccc(Oc2ccccc2Cl)cc1)C(=O)O. The van der Waals surface area contributed by atoms with Crippen LogP contribution in [0, 0.1) is 0 Å². The fraction of sp³-hybridized carbons (Fsp3) is 0.133. The molecule has 4 nitrogen and oxygen atoms in total. The summed E-state index contributed by atoms with van der Waals surface area (Å²) in [5, 5.41) is 9.28. The van der Waals surface area contributed by atoms with E-state index in [0.717, 1.165) is 0 Å². The number of carboxylic acids is 1. The molecule has 0 saturated carbocycles. The maximum Gasteiger partial charge on any atom is 0.344 e. The van der Waals surface area contributed by atoms with Crippen molar-refractivity contribution in [1.82, 2.24) is 0 Å². The monoisotopic (exact) mass is 292 g/mol. The fourth-order valence-corrected chi connectivity index (χ4v) is 1.67. The van der Waals surface area contributed by atoms with Crippen LogP contribution in [0.1, 0.15) is 6.92 Å². The fourth-order valence-electron chi connectivity index (χ4n) is 1.50. The van der Waals surface area contributed by atoms with Gasteiger partial charge in [0.1, 0.15) is 17.2 Å². The Labute approximate surface area is 121 Å². The number of aliphatic carboxylic acids is 1. The smallest absolute Gasteiger partial charge is 0.344 e. The number of para-hydroxylation sites is 1. The van der Waals surface area contributed by atoms with Crippen LogP contribution in [0.15, 0.2) is 48.5 Å². The van der Waals surface area contributed by atoms with Crippen molar-refractivity contribution in [3.05, 3.63) is 53.6 Å². The third kappa shape index (κ3) is 3.65. The van der Waals surface area contributed by atoms with E-state index in [1.807, 2.05) is 12.1 Å². The van der Waals surface area contributed by atoms with Crippen LogP contribution in [0.5, 0.6) is 17.2 Å². The summed E-state index contributed by atoms with van der Waals surface area (Å²) < 4.78 is 10.8. The second kappa shape index (κ2) is 6.30. The van der Waals surface area contributed by atoms with Gasteiger partial charge in [-0.25, -0.2) is 4.79 Å². The molecule has 20 heavy (non-hydrogen) atoms. The van der Waals surface area contributed by atoms with Crippen molar-refractivity contribution in [2.45, 2.75) is 13.0 Å². The first-order valence-electron chi connectivity index (χ1n) is 5.98. The predicted molar refractivity (Wildman–Crippen MR) is 75.7 cm³/mol. The molecule has 0 aliphatic heterocycles. The van der Waals surface area contributed by atoms with Gasteiger partial charge in [-0.05, 0) is 43.3 Å². The number of carbonyl (C=O) groups is 1. The standard InChI is InChI=1S/C15H13ClO4/c1-10(15(17)18)19-11-6-8-12(9-7-11)20-14-5-3-2-4-13(14)16/h2-10H,1H3,(H,17,18)/t10-/m1/s1. The molecular weight excluding hydrogens is 280 g/mol. The molecule has 2 aromatic carbocycles. The summed E-state index contributed by atoms with van der Waals surface area (Å²) in [5.41, 5.74) is 0. The zero-order valence-electron chi connectivity index (χ0n) is 10.7. The van der Waals surface area contributed by atoms with Gasteiger partial charge in [0.15, 0.2) is 6.10 Å². The van der Waals surface area contributed by atoms with E-state index < -0.39 is 12.1 Å². The van der Waals surface area contributed by atoms with Gasteiger partial charge in [-0.15, -0.1) is 0 Å². The second-order valence-electron chi connectivity index (χ2n) is 4.10. The zero-order valence-corrected chi connectivity index (χ0v) is 11.5. The van der Waals surface area contributed by atoms with E-state index in [1.165, 1.54) is 6.92 Å². The van der Waals surface area contributed by atoms with Crippen LogP contribution in [0.3, 0.4) is 0 Å². The minimum atomic E-state index is -1.01. The maximum atomic E-state index is 10.7. The van der Waals surface area contributed by atoms with Crippen LogP contribution in [0.4, 0.5) is 0 Å². The molecule has 0 fully saturated rings. The van der Waals surface area contributed by atoms with Crippen molar-refractivity contribution in [2.75, 3.05) is 0 Å². The van der Waals surface area contributed by atoms with Crippen LogP contribution in [-0.4, -0.2) is 17.2 Å². The van der Waals surface area contributed by atoms with E-state index in [1.54, 1.807) is 36.4 Å². The molecule has 0 aromatic heterocycles. The van der Waals surface area contributed by atoms with Gasteiger partial charge in [0.2, 0.25) is 0 Å². The Hall–Kier alpha value is -2.20. The van der Waals surface area contributed by atoms with Gasteiger partial charge >= 0.3 is 5.97 Å². The number of benzene rings is 2. The van der Waals surface area contributed by atoms with Crippen LogP contribution in [-0.2, 0) is 4.79 Å². The average Bonchev–Trinajstić information content (AvgIpc) is 2.43. The molecule has 0 bridgehead atoms.